The van der Waals surface area contributed by atoms with E-state index in [0.717, 1.165) is 24.4 Å². The van der Waals surface area contributed by atoms with Crippen LogP contribution in [-0.2, 0) is 0 Å². The minimum atomic E-state index is 0.108. The molecule has 0 radical (unpaired) electrons. The lowest BCUT2D eigenvalue weighted by Gasteiger charge is -2.19. The van der Waals surface area contributed by atoms with Crippen LogP contribution < -0.4 is 10.1 Å². The van der Waals surface area contributed by atoms with Gasteiger partial charge in [0, 0.05) is 6.20 Å². The highest BCUT2D eigenvalue weighted by Crippen LogP contribution is 2.23. The fourth-order valence-corrected chi connectivity index (χ4v) is 2.05. The second-order valence-electron chi connectivity index (χ2n) is 4.42. The number of nitrogens with one attached hydrogen (secondary N) is 1. The molecule has 0 saturated carbocycles. The minimum Gasteiger partial charge on any atom is -0.497 e. The molecule has 0 spiro atoms. The van der Waals surface area contributed by atoms with Gasteiger partial charge < -0.3 is 10.1 Å². The molecule has 1 unspecified atom stereocenters. The maximum absolute atomic E-state index is 5.30. The van der Waals surface area contributed by atoms with Crippen molar-refractivity contribution in [1.82, 2.24) is 10.3 Å². The van der Waals surface area contributed by atoms with Gasteiger partial charge >= 0.3 is 0 Å². The summed E-state index contributed by atoms with van der Waals surface area (Å²) in [6.07, 6.45) is 2.92. The van der Waals surface area contributed by atoms with Crippen LogP contribution in [0, 0.1) is 0 Å². The Hall–Kier alpha value is -1.87. The average molecular weight is 256 g/mol. The van der Waals surface area contributed by atoms with Crippen LogP contribution in [0.25, 0.3) is 0 Å². The third kappa shape index (κ3) is 3.55. The maximum Gasteiger partial charge on any atom is 0.119 e. The minimum absolute atomic E-state index is 0.108. The molecule has 100 valence electrons. The van der Waals surface area contributed by atoms with E-state index < -0.39 is 0 Å². The van der Waals surface area contributed by atoms with Crippen molar-refractivity contribution in [3.63, 3.8) is 0 Å². The van der Waals surface area contributed by atoms with Crippen LogP contribution in [0.3, 0.4) is 0 Å². The van der Waals surface area contributed by atoms with Gasteiger partial charge in [0.25, 0.3) is 0 Å². The second kappa shape index (κ2) is 6.90. The monoisotopic (exact) mass is 256 g/mol. The molecule has 19 heavy (non-hydrogen) atoms. The Morgan fingerprint density at radius 2 is 2.11 bits per heavy atom. The van der Waals surface area contributed by atoms with Crippen molar-refractivity contribution in [2.75, 3.05) is 13.7 Å². The van der Waals surface area contributed by atoms with Crippen LogP contribution in [0.2, 0.25) is 0 Å². The third-order valence-corrected chi connectivity index (χ3v) is 3.01. The summed E-state index contributed by atoms with van der Waals surface area (Å²) in [5.74, 6) is 0.872. The van der Waals surface area contributed by atoms with Gasteiger partial charge in [0.05, 0.1) is 18.8 Å². The molecule has 2 aromatic rings. The first-order chi connectivity index (χ1) is 9.35. The molecule has 0 bridgehead atoms. The Kier molecular flexibility index (Phi) is 4.93. The van der Waals surface area contributed by atoms with Gasteiger partial charge in [-0.15, -0.1) is 0 Å². The zero-order valence-corrected chi connectivity index (χ0v) is 11.5. The molecule has 0 fully saturated rings. The van der Waals surface area contributed by atoms with Gasteiger partial charge in [-0.1, -0.05) is 25.1 Å². The number of rotatable bonds is 6. The summed E-state index contributed by atoms with van der Waals surface area (Å²) in [5.41, 5.74) is 2.20. The lowest BCUT2D eigenvalue weighted by molar-refractivity contribution is 0.413. The van der Waals surface area contributed by atoms with Gasteiger partial charge in [-0.05, 0) is 42.8 Å². The number of benzene rings is 1. The van der Waals surface area contributed by atoms with Crippen molar-refractivity contribution in [3.05, 3.63) is 59.9 Å². The summed E-state index contributed by atoms with van der Waals surface area (Å²) in [4.78, 5) is 4.46. The number of nitrogens with zero attached hydrogens (tertiary/aromatic N) is 1. The molecule has 2 rings (SSSR count). The van der Waals surface area contributed by atoms with Crippen LogP contribution in [0.4, 0.5) is 0 Å². The molecule has 0 aliphatic heterocycles. The highest BCUT2D eigenvalue weighted by molar-refractivity contribution is 5.34. The smallest absolute Gasteiger partial charge is 0.119 e. The largest absolute Gasteiger partial charge is 0.497 e. The van der Waals surface area contributed by atoms with Gasteiger partial charge in [-0.3, -0.25) is 4.98 Å². The molecule has 0 amide bonds. The van der Waals surface area contributed by atoms with Crippen molar-refractivity contribution < 1.29 is 4.74 Å². The summed E-state index contributed by atoms with van der Waals surface area (Å²) >= 11 is 0. The van der Waals surface area contributed by atoms with Crippen molar-refractivity contribution in [3.8, 4) is 5.75 Å². The van der Waals surface area contributed by atoms with Crippen molar-refractivity contribution >= 4 is 0 Å². The van der Waals surface area contributed by atoms with E-state index in [4.69, 9.17) is 4.74 Å². The summed E-state index contributed by atoms with van der Waals surface area (Å²) in [6.45, 7) is 3.12. The first-order valence-electron chi connectivity index (χ1n) is 6.63. The SMILES string of the molecule is CCCNC(c1cccc(OC)c1)c1ccccn1. The molecule has 0 aliphatic carbocycles. The Bertz CT molecular complexity index is 499. The first-order valence-corrected chi connectivity index (χ1v) is 6.63. The van der Waals surface area contributed by atoms with Gasteiger partial charge in [0.15, 0.2) is 0 Å². The Morgan fingerprint density at radius 1 is 1.21 bits per heavy atom. The van der Waals surface area contributed by atoms with Crippen LogP contribution in [0.5, 0.6) is 5.75 Å². The van der Waals surface area contributed by atoms with Gasteiger partial charge in [0.1, 0.15) is 5.75 Å². The molecule has 1 heterocycles. The highest BCUT2D eigenvalue weighted by atomic mass is 16.5. The number of methoxy groups -OCH3 is 1. The molecule has 1 N–H and O–H groups in total. The standard InChI is InChI=1S/C16H20N2O/c1-3-10-18-16(15-9-4-5-11-17-15)13-7-6-8-14(12-13)19-2/h4-9,11-12,16,18H,3,10H2,1-2H3. The summed E-state index contributed by atoms with van der Waals surface area (Å²) < 4.78 is 5.30. The molecular formula is C16H20N2O. The Labute approximate surface area is 114 Å². The van der Waals surface area contributed by atoms with E-state index in [-0.39, 0.29) is 6.04 Å². The van der Waals surface area contributed by atoms with Crippen LogP contribution in [0.15, 0.2) is 48.7 Å². The molecule has 0 aliphatic rings. The topological polar surface area (TPSA) is 34.1 Å². The van der Waals surface area contributed by atoms with Gasteiger partial charge in [-0.25, -0.2) is 0 Å². The van der Waals surface area contributed by atoms with Crippen LogP contribution >= 0.6 is 0 Å². The summed E-state index contributed by atoms with van der Waals surface area (Å²) in [6, 6.07) is 14.2. The van der Waals surface area contributed by atoms with Crippen molar-refractivity contribution in [2.24, 2.45) is 0 Å². The van der Waals surface area contributed by atoms with E-state index in [1.165, 1.54) is 5.56 Å². The Balaban J connectivity index is 2.31. The van der Waals surface area contributed by atoms with Crippen molar-refractivity contribution in [2.45, 2.75) is 19.4 Å². The molecule has 3 nitrogen and oxygen atoms in total. The van der Waals surface area contributed by atoms with E-state index in [2.05, 4.69) is 29.4 Å². The van der Waals surface area contributed by atoms with Gasteiger partial charge in [-0.2, -0.15) is 0 Å². The fourth-order valence-electron chi connectivity index (χ4n) is 2.05. The zero-order valence-electron chi connectivity index (χ0n) is 11.5. The predicted molar refractivity (Wildman–Crippen MR) is 77.4 cm³/mol. The van der Waals surface area contributed by atoms with Crippen LogP contribution in [0.1, 0.15) is 30.6 Å². The molecule has 1 atom stereocenters. The number of hydrogen-bond donors (Lipinski definition) is 1. The number of aromatic nitrogens is 1. The highest BCUT2D eigenvalue weighted by Gasteiger charge is 2.14. The van der Waals surface area contributed by atoms with Crippen molar-refractivity contribution in [1.29, 1.82) is 0 Å². The summed E-state index contributed by atoms with van der Waals surface area (Å²) in [5, 5.41) is 3.54. The van der Waals surface area contributed by atoms with Gasteiger partial charge in [0.2, 0.25) is 0 Å². The van der Waals surface area contributed by atoms with E-state index in [1.54, 1.807) is 7.11 Å². The molecule has 1 aromatic carbocycles. The number of pyridine rings is 1. The Morgan fingerprint density at radius 3 is 2.79 bits per heavy atom. The quantitative estimate of drug-likeness (QED) is 0.862. The third-order valence-electron chi connectivity index (χ3n) is 3.01. The second-order valence-corrected chi connectivity index (χ2v) is 4.42. The van der Waals surface area contributed by atoms with Crippen LogP contribution in [-0.4, -0.2) is 18.6 Å². The molecular weight excluding hydrogens is 236 g/mol. The molecule has 0 saturated heterocycles. The summed E-state index contributed by atoms with van der Waals surface area (Å²) in [7, 11) is 1.69. The number of hydrogen-bond acceptors (Lipinski definition) is 3. The maximum atomic E-state index is 5.30. The average Bonchev–Trinajstić information content (AvgIpc) is 2.49. The lowest BCUT2D eigenvalue weighted by atomic mass is 10.0. The number of ether oxygens (including phenoxy) is 1. The normalized spacial score (nSPS) is 12.1. The first kappa shape index (κ1) is 13.6. The van der Waals surface area contributed by atoms with E-state index in [1.807, 2.05) is 36.5 Å². The fraction of sp³-hybridized carbons (Fsp3) is 0.312. The van der Waals surface area contributed by atoms with E-state index >= 15 is 0 Å². The zero-order chi connectivity index (χ0) is 13.5. The predicted octanol–water partition coefficient (Wildman–Crippen LogP) is 3.18. The van der Waals surface area contributed by atoms with E-state index in [0.29, 0.717) is 0 Å². The van der Waals surface area contributed by atoms with E-state index in [9.17, 15) is 0 Å². The molecule has 3 heteroatoms. The molecule has 1 aromatic heterocycles. The lowest BCUT2D eigenvalue weighted by Crippen LogP contribution is -2.24.